The minimum atomic E-state index is -0.917. The van der Waals surface area contributed by atoms with Gasteiger partial charge in [0.05, 0.1) is 58.4 Å². The molecule has 11 nitrogen and oxygen atoms in total. The van der Waals surface area contributed by atoms with Crippen LogP contribution in [-0.2, 0) is 0 Å². The molecule has 0 fully saturated rings. The Kier molecular flexibility index (Phi) is 13.3. The highest BCUT2D eigenvalue weighted by molar-refractivity contribution is 7.17. The molecule has 2 atom stereocenters. The molecule has 0 saturated carbocycles. The molecule has 0 bridgehead atoms. The van der Waals surface area contributed by atoms with E-state index in [1.165, 1.54) is 22.7 Å². The zero-order valence-electron chi connectivity index (χ0n) is 34.7. The minimum absolute atomic E-state index is 0.142. The Morgan fingerprint density at radius 2 is 1.09 bits per heavy atom. The highest BCUT2D eigenvalue weighted by Crippen LogP contribution is 2.29. The van der Waals surface area contributed by atoms with Crippen LogP contribution in [-0.4, -0.2) is 36.1 Å². The van der Waals surface area contributed by atoms with Gasteiger partial charge < -0.3 is 16.2 Å². The SMILES string of the molecule is C[C@H](N)c1cc2cccc(Cl)c2c(=O)n1-c1ccccc1.C[C@H](NC(=O)c1csc2cccnc12)c1cc2cccc(Cl)c2c(=O)n1-c1ccccc1.O=C(O)c1csc2cccnc12. The average molecular weight is 938 g/mol. The maximum atomic E-state index is 13.5. The first-order chi connectivity index (χ1) is 31.4. The number of para-hydroxylation sites is 2. The summed E-state index contributed by atoms with van der Waals surface area (Å²) in [5.74, 6) is -1.15. The average Bonchev–Trinajstić information content (AvgIpc) is 3.95. The van der Waals surface area contributed by atoms with Gasteiger partial charge in [0, 0.05) is 52.0 Å². The molecule has 6 heterocycles. The van der Waals surface area contributed by atoms with Gasteiger partial charge in [-0.15, -0.1) is 22.7 Å². The second-order valence-electron chi connectivity index (χ2n) is 14.8. The molecule has 0 saturated heterocycles. The van der Waals surface area contributed by atoms with Gasteiger partial charge in [0.15, 0.2) is 0 Å². The van der Waals surface area contributed by atoms with Crippen LogP contribution in [0.1, 0.15) is 58.0 Å². The number of fused-ring (bicyclic) bond motifs is 4. The van der Waals surface area contributed by atoms with E-state index < -0.39 is 12.0 Å². The number of carboxylic acid groups (broad SMARTS) is 1. The number of halogens is 2. The summed E-state index contributed by atoms with van der Waals surface area (Å²) in [6, 6.07) is 40.2. The third-order valence-electron chi connectivity index (χ3n) is 10.5. The van der Waals surface area contributed by atoms with E-state index in [9.17, 15) is 19.2 Å². The van der Waals surface area contributed by atoms with Gasteiger partial charge in [0.1, 0.15) is 0 Å². The number of nitrogens with two attached hydrogens (primary N) is 1. The Hall–Kier alpha value is -7.00. The van der Waals surface area contributed by atoms with Crippen LogP contribution in [0.2, 0.25) is 10.0 Å². The van der Waals surface area contributed by atoms with Gasteiger partial charge in [-0.25, -0.2) is 4.79 Å². The summed E-state index contributed by atoms with van der Waals surface area (Å²) in [6.45, 7) is 3.73. The second kappa shape index (κ2) is 19.4. The second-order valence-corrected chi connectivity index (χ2v) is 17.4. The first-order valence-corrected chi connectivity index (χ1v) is 22.7. The van der Waals surface area contributed by atoms with Crippen molar-refractivity contribution in [1.29, 1.82) is 0 Å². The normalized spacial score (nSPS) is 12.0. The summed E-state index contributed by atoms with van der Waals surface area (Å²) >= 11 is 15.5. The number of nitrogens with one attached hydrogen (secondary N) is 1. The van der Waals surface area contributed by atoms with Gasteiger partial charge >= 0.3 is 5.97 Å². The number of benzene rings is 4. The molecule has 1 amide bonds. The van der Waals surface area contributed by atoms with Crippen LogP contribution in [0.25, 0.3) is 53.4 Å². The number of carbonyl (C=O) groups is 2. The van der Waals surface area contributed by atoms with E-state index in [4.69, 9.17) is 34.0 Å². The molecule has 324 valence electrons. The topological polar surface area (TPSA) is 162 Å². The quantitative estimate of drug-likeness (QED) is 0.142. The lowest BCUT2D eigenvalue weighted by Crippen LogP contribution is -2.32. The minimum Gasteiger partial charge on any atom is -0.478 e. The number of nitrogens with zero attached hydrogens (tertiary/aromatic N) is 4. The van der Waals surface area contributed by atoms with Gasteiger partial charge in [0.25, 0.3) is 17.0 Å². The molecule has 0 radical (unpaired) electrons. The van der Waals surface area contributed by atoms with Gasteiger partial charge in [0.2, 0.25) is 0 Å². The van der Waals surface area contributed by atoms with E-state index in [1.54, 1.807) is 45.1 Å². The van der Waals surface area contributed by atoms with Crippen LogP contribution >= 0.6 is 45.9 Å². The van der Waals surface area contributed by atoms with Crippen molar-refractivity contribution in [1.82, 2.24) is 24.4 Å². The van der Waals surface area contributed by atoms with Crippen molar-refractivity contribution in [3.63, 3.8) is 0 Å². The van der Waals surface area contributed by atoms with Crippen LogP contribution < -0.4 is 22.2 Å². The van der Waals surface area contributed by atoms with Crippen LogP contribution in [0.15, 0.2) is 166 Å². The Morgan fingerprint density at radius 3 is 1.58 bits per heavy atom. The zero-order chi connectivity index (χ0) is 45.8. The predicted octanol–water partition coefficient (Wildman–Crippen LogP) is 11.4. The Balaban J connectivity index is 0.000000149. The molecule has 0 aliphatic carbocycles. The molecule has 10 rings (SSSR count). The van der Waals surface area contributed by atoms with E-state index in [1.807, 2.05) is 134 Å². The number of aromatic nitrogens is 4. The van der Waals surface area contributed by atoms with E-state index in [0.29, 0.717) is 48.8 Å². The lowest BCUT2D eigenvalue weighted by molar-refractivity contribution is 0.0699. The van der Waals surface area contributed by atoms with Crippen LogP contribution in [0.4, 0.5) is 0 Å². The number of hydrogen-bond acceptors (Lipinski definition) is 9. The highest BCUT2D eigenvalue weighted by Gasteiger charge is 2.22. The summed E-state index contributed by atoms with van der Waals surface area (Å²) in [5, 5.41) is 18.6. The number of carbonyl (C=O) groups excluding carboxylic acids is 1. The fourth-order valence-electron chi connectivity index (χ4n) is 7.41. The van der Waals surface area contributed by atoms with Crippen molar-refractivity contribution in [2.75, 3.05) is 0 Å². The van der Waals surface area contributed by atoms with Crippen LogP contribution in [0.5, 0.6) is 0 Å². The van der Waals surface area contributed by atoms with E-state index in [0.717, 1.165) is 31.6 Å². The fourth-order valence-corrected chi connectivity index (χ4v) is 9.72. The van der Waals surface area contributed by atoms with Gasteiger partial charge in [-0.05, 0) is 97.4 Å². The number of pyridine rings is 4. The number of aromatic carboxylic acids is 1. The fraction of sp³-hybridized carbons (Fsp3) is 0.0800. The largest absolute Gasteiger partial charge is 0.478 e. The predicted molar refractivity (Wildman–Crippen MR) is 264 cm³/mol. The Bertz CT molecular complexity index is 3500. The lowest BCUT2D eigenvalue weighted by Gasteiger charge is -2.21. The number of amides is 1. The summed E-state index contributed by atoms with van der Waals surface area (Å²) in [6.07, 6.45) is 3.27. The lowest BCUT2D eigenvalue weighted by atomic mass is 10.1. The molecular weight excluding hydrogens is 900 g/mol. The van der Waals surface area contributed by atoms with Crippen molar-refractivity contribution in [2.24, 2.45) is 5.73 Å². The van der Waals surface area contributed by atoms with Gasteiger partial charge in [-0.3, -0.25) is 33.5 Å². The molecule has 0 spiro atoms. The highest BCUT2D eigenvalue weighted by atomic mass is 35.5. The van der Waals surface area contributed by atoms with Crippen molar-refractivity contribution in [2.45, 2.75) is 25.9 Å². The summed E-state index contributed by atoms with van der Waals surface area (Å²) in [7, 11) is 0. The monoisotopic (exact) mass is 936 g/mol. The molecule has 0 aliphatic rings. The smallest absolute Gasteiger partial charge is 0.338 e. The van der Waals surface area contributed by atoms with Crippen molar-refractivity contribution in [3.8, 4) is 11.4 Å². The Morgan fingerprint density at radius 1 is 0.631 bits per heavy atom. The standard InChI is InChI=1S/C25H18ClN3O2S.C17H15ClN2O.C8H5NO2S/c1-15(28-24(30)18-14-32-21-11-6-12-27-23(18)21)20-13-16-7-5-10-19(26)22(16)25(31)29(20)17-8-3-2-4-9-17;1-11(19)15-10-12-6-5-9-14(18)16(12)17(21)20(15)13-7-3-2-4-8-13;10-8(11)5-4-12-6-2-1-3-9-7(5)6/h2-15H,1H3,(H,28,30);2-11H,19H2,1H3;1-4H,(H,10,11)/t15-;11-;/m00./s1. The number of thiophene rings is 2. The summed E-state index contributed by atoms with van der Waals surface area (Å²) < 4.78 is 5.11. The first-order valence-electron chi connectivity index (χ1n) is 20.2. The van der Waals surface area contributed by atoms with Crippen LogP contribution in [0.3, 0.4) is 0 Å². The van der Waals surface area contributed by atoms with Crippen molar-refractivity contribution in [3.05, 3.63) is 210 Å². The molecule has 0 aliphatic heterocycles. The third kappa shape index (κ3) is 9.19. The number of hydrogen-bond donors (Lipinski definition) is 3. The number of carboxylic acids is 1. The van der Waals surface area contributed by atoms with Crippen LogP contribution in [0, 0.1) is 0 Å². The number of rotatable bonds is 7. The zero-order valence-corrected chi connectivity index (χ0v) is 37.8. The molecule has 4 N–H and O–H groups in total. The van der Waals surface area contributed by atoms with Gasteiger partial charge in [-0.2, -0.15) is 0 Å². The molecule has 6 aromatic heterocycles. The Labute approximate surface area is 389 Å². The third-order valence-corrected chi connectivity index (χ3v) is 13.0. The maximum Gasteiger partial charge on any atom is 0.338 e. The van der Waals surface area contributed by atoms with E-state index in [-0.39, 0.29) is 28.6 Å². The van der Waals surface area contributed by atoms with Gasteiger partial charge in [-0.1, -0.05) is 83.9 Å². The molecule has 15 heteroatoms. The van der Waals surface area contributed by atoms with E-state index in [2.05, 4.69) is 15.3 Å². The van der Waals surface area contributed by atoms with E-state index >= 15 is 0 Å². The molecular formula is C50H38Cl2N6O5S2. The molecule has 65 heavy (non-hydrogen) atoms. The molecule has 10 aromatic rings. The summed E-state index contributed by atoms with van der Waals surface area (Å²) in [5.41, 5.74) is 10.7. The maximum absolute atomic E-state index is 13.5. The summed E-state index contributed by atoms with van der Waals surface area (Å²) in [4.78, 5) is 58.5. The molecule has 0 unspecified atom stereocenters. The van der Waals surface area contributed by atoms with Crippen molar-refractivity contribution >= 4 is 99.7 Å². The van der Waals surface area contributed by atoms with Crippen molar-refractivity contribution < 1.29 is 14.7 Å². The molecule has 4 aromatic carbocycles. The first kappa shape index (κ1) is 44.6.